The summed E-state index contributed by atoms with van der Waals surface area (Å²) in [5.74, 6) is 6.21. The van der Waals surface area contributed by atoms with Gasteiger partial charge in [-0.15, -0.1) is 0 Å². The Morgan fingerprint density at radius 2 is 2.00 bits per heavy atom. The van der Waals surface area contributed by atoms with Crippen LogP contribution in [0, 0.1) is 29.6 Å². The number of hydrogen-bond acceptors (Lipinski definition) is 2. The monoisotopic (exact) mass is 283 g/mol. The van der Waals surface area contributed by atoms with Crippen LogP contribution in [0.4, 0.5) is 0 Å². The fraction of sp³-hybridized carbons (Fsp3) is 0.684. The van der Waals surface area contributed by atoms with Crippen LogP contribution in [0.15, 0.2) is 18.2 Å². The minimum Gasteiger partial charge on any atom is -0.493 e. The number of hydrogen-bond donors (Lipinski definition) is 1. The topological polar surface area (TPSA) is 21.3 Å². The van der Waals surface area contributed by atoms with Gasteiger partial charge in [-0.05, 0) is 85.9 Å². The molecule has 0 spiro atoms. The molecule has 1 heterocycles. The van der Waals surface area contributed by atoms with Crippen LogP contribution in [-0.4, -0.2) is 13.7 Å². The third-order valence-corrected chi connectivity index (χ3v) is 6.78. The van der Waals surface area contributed by atoms with E-state index in [2.05, 4.69) is 30.6 Å². The number of nitrogens with one attached hydrogen (secondary N) is 1. The van der Waals surface area contributed by atoms with Crippen molar-refractivity contribution < 1.29 is 4.74 Å². The van der Waals surface area contributed by atoms with Crippen LogP contribution in [0.2, 0.25) is 0 Å². The van der Waals surface area contributed by atoms with Gasteiger partial charge in [0, 0.05) is 6.04 Å². The zero-order valence-electron chi connectivity index (χ0n) is 12.8. The first-order chi connectivity index (χ1) is 10.4. The molecule has 1 aliphatic heterocycles. The Labute approximate surface area is 127 Å². The lowest BCUT2D eigenvalue weighted by Gasteiger charge is -2.23. The predicted octanol–water partition coefficient (Wildman–Crippen LogP) is 3.56. The molecular weight excluding hydrogens is 258 g/mol. The third kappa shape index (κ3) is 1.75. The van der Waals surface area contributed by atoms with Gasteiger partial charge >= 0.3 is 0 Å². The van der Waals surface area contributed by atoms with E-state index in [-0.39, 0.29) is 0 Å². The highest BCUT2D eigenvalue weighted by molar-refractivity contribution is 5.40. The molecule has 5 atom stereocenters. The van der Waals surface area contributed by atoms with E-state index in [4.69, 9.17) is 4.74 Å². The summed E-state index contributed by atoms with van der Waals surface area (Å²) in [6.45, 7) is 0.887. The van der Waals surface area contributed by atoms with Crippen LogP contribution in [0.5, 0.6) is 5.75 Å². The first-order valence-corrected chi connectivity index (χ1v) is 8.79. The van der Waals surface area contributed by atoms with Crippen molar-refractivity contribution in [2.24, 2.45) is 29.6 Å². The van der Waals surface area contributed by atoms with Crippen LogP contribution in [0.3, 0.4) is 0 Å². The minimum atomic E-state index is 0.565. The van der Waals surface area contributed by atoms with Crippen molar-refractivity contribution in [2.45, 2.75) is 38.1 Å². The second kappa shape index (κ2) is 4.49. The van der Waals surface area contributed by atoms with Gasteiger partial charge in [-0.3, -0.25) is 0 Å². The highest BCUT2D eigenvalue weighted by Crippen LogP contribution is 2.72. The summed E-state index contributed by atoms with van der Waals surface area (Å²) in [7, 11) is 2.15. The lowest BCUT2D eigenvalue weighted by Crippen LogP contribution is -2.22. The SMILES string of the molecule is CNC(c1ccc2c(c1)CCCO2)C1C2C3CCC(C3)C21. The maximum atomic E-state index is 5.77. The van der Waals surface area contributed by atoms with Crippen molar-refractivity contribution in [2.75, 3.05) is 13.7 Å². The fourth-order valence-corrected chi connectivity index (χ4v) is 5.99. The molecule has 1 aromatic rings. The van der Waals surface area contributed by atoms with E-state index in [1.807, 2.05) is 0 Å². The number of rotatable bonds is 3. The smallest absolute Gasteiger partial charge is 0.122 e. The molecule has 3 saturated carbocycles. The standard InChI is InChI=1S/C19H25NO/c1-20-19(18-16-12-4-5-13(10-12)17(16)18)14-6-7-15-11(9-14)3-2-8-21-15/h6-7,9,12-13,16-20H,2-5,8,10H2,1H3. The Morgan fingerprint density at radius 1 is 1.19 bits per heavy atom. The Hall–Kier alpha value is -1.02. The maximum absolute atomic E-state index is 5.77. The average Bonchev–Trinajstić information content (AvgIpc) is 2.94. The molecule has 2 bridgehead atoms. The van der Waals surface area contributed by atoms with Gasteiger partial charge in [-0.1, -0.05) is 12.1 Å². The van der Waals surface area contributed by atoms with E-state index in [0.29, 0.717) is 6.04 Å². The van der Waals surface area contributed by atoms with Crippen molar-refractivity contribution in [3.63, 3.8) is 0 Å². The van der Waals surface area contributed by atoms with Crippen molar-refractivity contribution in [3.8, 4) is 5.75 Å². The van der Waals surface area contributed by atoms with Gasteiger partial charge in [0.1, 0.15) is 5.75 Å². The van der Waals surface area contributed by atoms with Crippen molar-refractivity contribution in [1.82, 2.24) is 5.32 Å². The summed E-state index contributed by atoms with van der Waals surface area (Å²) in [6, 6.07) is 7.50. The third-order valence-electron chi connectivity index (χ3n) is 6.78. The summed E-state index contributed by atoms with van der Waals surface area (Å²) >= 11 is 0. The van der Waals surface area contributed by atoms with Gasteiger partial charge < -0.3 is 10.1 Å². The van der Waals surface area contributed by atoms with Crippen molar-refractivity contribution in [1.29, 1.82) is 0 Å². The van der Waals surface area contributed by atoms with Crippen LogP contribution >= 0.6 is 0 Å². The zero-order valence-corrected chi connectivity index (χ0v) is 12.8. The summed E-state index contributed by atoms with van der Waals surface area (Å²) in [6.07, 6.45) is 6.91. The van der Waals surface area contributed by atoms with Crippen molar-refractivity contribution >= 4 is 0 Å². The molecule has 1 aromatic carbocycles. The van der Waals surface area contributed by atoms with Gasteiger partial charge in [0.15, 0.2) is 0 Å². The van der Waals surface area contributed by atoms with Crippen LogP contribution in [0.1, 0.15) is 42.9 Å². The quantitative estimate of drug-likeness (QED) is 0.915. The largest absolute Gasteiger partial charge is 0.493 e. The first-order valence-electron chi connectivity index (χ1n) is 8.79. The molecule has 2 nitrogen and oxygen atoms in total. The van der Waals surface area contributed by atoms with E-state index in [1.54, 1.807) is 6.42 Å². The van der Waals surface area contributed by atoms with Gasteiger partial charge in [-0.25, -0.2) is 0 Å². The second-order valence-electron chi connectivity index (χ2n) is 7.65. The van der Waals surface area contributed by atoms with Crippen LogP contribution < -0.4 is 10.1 Å². The average molecular weight is 283 g/mol. The molecule has 5 rings (SSSR count). The number of ether oxygens (including phenoxy) is 1. The van der Waals surface area contributed by atoms with E-state index in [9.17, 15) is 0 Å². The molecule has 0 radical (unpaired) electrons. The minimum absolute atomic E-state index is 0.565. The summed E-state index contributed by atoms with van der Waals surface area (Å²) in [5.41, 5.74) is 2.92. The number of benzene rings is 1. The van der Waals surface area contributed by atoms with Crippen molar-refractivity contribution in [3.05, 3.63) is 29.3 Å². The molecule has 0 saturated heterocycles. The normalized spacial score (nSPS) is 40.3. The molecule has 2 heteroatoms. The molecule has 4 aliphatic rings. The highest BCUT2D eigenvalue weighted by Gasteiger charge is 2.66. The molecular formula is C19H25NO. The van der Waals surface area contributed by atoms with Gasteiger partial charge in [0.2, 0.25) is 0 Å². The highest BCUT2D eigenvalue weighted by atomic mass is 16.5. The molecule has 5 unspecified atom stereocenters. The molecule has 21 heavy (non-hydrogen) atoms. The first kappa shape index (κ1) is 12.5. The lowest BCUT2D eigenvalue weighted by atomic mass is 9.91. The van der Waals surface area contributed by atoms with Gasteiger partial charge in [0.05, 0.1) is 6.61 Å². The predicted molar refractivity (Wildman–Crippen MR) is 83.4 cm³/mol. The van der Waals surface area contributed by atoms with E-state index < -0.39 is 0 Å². The van der Waals surface area contributed by atoms with Crippen LogP contribution in [0.25, 0.3) is 0 Å². The molecule has 3 fully saturated rings. The van der Waals surface area contributed by atoms with E-state index in [0.717, 1.165) is 41.9 Å². The van der Waals surface area contributed by atoms with E-state index in [1.165, 1.54) is 36.8 Å². The van der Waals surface area contributed by atoms with Gasteiger partial charge in [-0.2, -0.15) is 0 Å². The molecule has 0 amide bonds. The molecule has 112 valence electrons. The Morgan fingerprint density at radius 3 is 2.76 bits per heavy atom. The molecule has 1 N–H and O–H groups in total. The van der Waals surface area contributed by atoms with Crippen LogP contribution in [-0.2, 0) is 6.42 Å². The Bertz CT molecular complexity index is 553. The lowest BCUT2D eigenvalue weighted by molar-refractivity contribution is 0.288. The molecule has 3 aliphatic carbocycles. The number of aryl methyl sites for hydroxylation is 1. The molecule has 0 aromatic heterocycles. The zero-order chi connectivity index (χ0) is 14.0. The summed E-state index contributed by atoms with van der Waals surface area (Å²) in [5, 5.41) is 3.64. The number of fused-ring (bicyclic) bond motifs is 6. The Kier molecular flexibility index (Phi) is 2.67. The van der Waals surface area contributed by atoms with E-state index >= 15 is 0 Å². The second-order valence-corrected chi connectivity index (χ2v) is 7.65. The fourth-order valence-electron chi connectivity index (χ4n) is 5.99. The summed E-state index contributed by atoms with van der Waals surface area (Å²) in [4.78, 5) is 0. The maximum Gasteiger partial charge on any atom is 0.122 e. The Balaban J connectivity index is 1.43. The summed E-state index contributed by atoms with van der Waals surface area (Å²) < 4.78 is 5.77. The van der Waals surface area contributed by atoms with Gasteiger partial charge in [0.25, 0.3) is 0 Å².